The zero-order valence-electron chi connectivity index (χ0n) is 13.8. The number of anilines is 1. The molecule has 3 heterocycles. The molecule has 0 unspecified atom stereocenters. The maximum absolute atomic E-state index is 11.6. The van der Waals surface area contributed by atoms with E-state index in [0.717, 1.165) is 29.7 Å². The predicted octanol–water partition coefficient (Wildman–Crippen LogP) is 3.63. The van der Waals surface area contributed by atoms with Crippen LogP contribution >= 0.6 is 15.9 Å². The van der Waals surface area contributed by atoms with Crippen LogP contribution in [0.3, 0.4) is 0 Å². The highest BCUT2D eigenvalue weighted by Gasteiger charge is 2.15. The lowest BCUT2D eigenvalue weighted by molar-refractivity contribution is 0.101. The number of fused-ring (bicyclic) bond motifs is 2. The molecule has 0 atom stereocenters. The summed E-state index contributed by atoms with van der Waals surface area (Å²) in [7, 11) is 0. The van der Waals surface area contributed by atoms with Gasteiger partial charge in [-0.05, 0) is 46.0 Å². The van der Waals surface area contributed by atoms with Crippen LogP contribution in [0.15, 0.2) is 35.1 Å². The average Bonchev–Trinajstić information content (AvgIpc) is 3.08. The average molecular weight is 401 g/mol. The number of ketones is 1. The highest BCUT2D eigenvalue weighted by molar-refractivity contribution is 9.10. The van der Waals surface area contributed by atoms with Crippen LogP contribution in [0.2, 0.25) is 0 Å². The first-order valence-electron chi connectivity index (χ1n) is 8.15. The van der Waals surface area contributed by atoms with Crippen molar-refractivity contribution in [3.63, 3.8) is 0 Å². The Morgan fingerprint density at radius 1 is 1.44 bits per heavy atom. The summed E-state index contributed by atoms with van der Waals surface area (Å²) in [6, 6.07) is 6.13. The second-order valence-corrected chi connectivity index (χ2v) is 6.86. The highest BCUT2D eigenvalue weighted by atomic mass is 79.9. The van der Waals surface area contributed by atoms with E-state index in [1.54, 1.807) is 16.8 Å². The Morgan fingerprint density at radius 2 is 2.32 bits per heavy atom. The van der Waals surface area contributed by atoms with Crippen LogP contribution in [0.4, 0.5) is 5.95 Å². The minimum atomic E-state index is -0.0733. The molecule has 0 amide bonds. The molecule has 0 fully saturated rings. The van der Waals surface area contributed by atoms with Crippen molar-refractivity contribution in [2.24, 2.45) is 0 Å². The van der Waals surface area contributed by atoms with Crippen LogP contribution in [0.5, 0.6) is 5.75 Å². The molecule has 4 rings (SSSR count). The maximum Gasteiger partial charge on any atom is 0.208 e. The molecule has 3 aromatic rings. The van der Waals surface area contributed by atoms with Gasteiger partial charge in [-0.25, -0.2) is 9.97 Å². The molecule has 7 heteroatoms. The molecule has 2 aromatic heterocycles. The van der Waals surface area contributed by atoms with Crippen LogP contribution in [0.1, 0.15) is 35.0 Å². The minimum absolute atomic E-state index is 0.0733. The summed E-state index contributed by atoms with van der Waals surface area (Å²) in [5.41, 5.74) is 3.54. The highest BCUT2D eigenvalue weighted by Crippen LogP contribution is 2.28. The lowest BCUT2D eigenvalue weighted by Crippen LogP contribution is -2.13. The zero-order chi connectivity index (χ0) is 17.4. The van der Waals surface area contributed by atoms with E-state index in [2.05, 4.69) is 37.3 Å². The Bertz CT molecular complexity index is 967. The van der Waals surface area contributed by atoms with Crippen LogP contribution in [0, 0.1) is 0 Å². The van der Waals surface area contributed by atoms with Gasteiger partial charge in [0.15, 0.2) is 11.4 Å². The molecule has 1 N–H and O–H groups in total. The SMILES string of the molecule is CC(=O)c1cn2c(NCc3cccc4c3CCCO4)ncc(Br)c2n1. The predicted molar refractivity (Wildman–Crippen MR) is 98.3 cm³/mol. The van der Waals surface area contributed by atoms with Gasteiger partial charge < -0.3 is 10.1 Å². The van der Waals surface area contributed by atoms with E-state index in [0.29, 0.717) is 23.8 Å². The van der Waals surface area contributed by atoms with Gasteiger partial charge >= 0.3 is 0 Å². The maximum atomic E-state index is 11.6. The molecule has 25 heavy (non-hydrogen) atoms. The van der Waals surface area contributed by atoms with Gasteiger partial charge in [-0.1, -0.05) is 12.1 Å². The summed E-state index contributed by atoms with van der Waals surface area (Å²) in [6.45, 7) is 2.91. The normalized spacial score (nSPS) is 13.4. The number of hydrogen-bond donors (Lipinski definition) is 1. The van der Waals surface area contributed by atoms with Gasteiger partial charge in [0.05, 0.1) is 11.1 Å². The number of ether oxygens (including phenoxy) is 1. The van der Waals surface area contributed by atoms with Crippen molar-refractivity contribution >= 4 is 33.3 Å². The standard InChI is InChI=1S/C18H17BrN4O2/c1-11(24)15-10-23-17(22-15)14(19)9-21-18(23)20-8-12-4-2-6-16-13(12)5-3-7-25-16/h2,4,6,9-10H,3,5,7-8H2,1H3,(H,20,21). The summed E-state index contributed by atoms with van der Waals surface area (Å²) in [5, 5.41) is 3.36. The molecule has 0 saturated carbocycles. The van der Waals surface area contributed by atoms with E-state index >= 15 is 0 Å². The molecular weight excluding hydrogens is 384 g/mol. The third-order valence-corrected chi connectivity index (χ3v) is 4.86. The number of halogens is 1. The largest absolute Gasteiger partial charge is 0.493 e. The van der Waals surface area contributed by atoms with Crippen molar-refractivity contribution in [1.29, 1.82) is 0 Å². The smallest absolute Gasteiger partial charge is 0.208 e. The van der Waals surface area contributed by atoms with Gasteiger partial charge in [0.1, 0.15) is 11.4 Å². The van der Waals surface area contributed by atoms with Crippen molar-refractivity contribution < 1.29 is 9.53 Å². The van der Waals surface area contributed by atoms with Gasteiger partial charge in [0.25, 0.3) is 0 Å². The number of Topliss-reactive ketones (excluding diaryl/α,β-unsaturated/α-hetero) is 1. The fourth-order valence-electron chi connectivity index (χ4n) is 3.05. The molecule has 0 radical (unpaired) electrons. The second-order valence-electron chi connectivity index (χ2n) is 6.01. The minimum Gasteiger partial charge on any atom is -0.493 e. The van der Waals surface area contributed by atoms with E-state index in [4.69, 9.17) is 4.74 Å². The van der Waals surface area contributed by atoms with Crippen molar-refractivity contribution in [2.75, 3.05) is 11.9 Å². The molecule has 0 saturated heterocycles. The topological polar surface area (TPSA) is 68.5 Å². The number of benzene rings is 1. The third kappa shape index (κ3) is 3.00. The molecule has 128 valence electrons. The number of hydrogen-bond acceptors (Lipinski definition) is 5. The van der Waals surface area contributed by atoms with Crippen LogP contribution in [-0.2, 0) is 13.0 Å². The Labute approximate surface area is 153 Å². The van der Waals surface area contributed by atoms with Gasteiger partial charge in [-0.3, -0.25) is 9.20 Å². The Hall–Kier alpha value is -2.41. The molecule has 0 aliphatic carbocycles. The lowest BCUT2D eigenvalue weighted by atomic mass is 10.00. The van der Waals surface area contributed by atoms with Crippen LogP contribution in [-0.4, -0.2) is 26.8 Å². The molecule has 0 bridgehead atoms. The van der Waals surface area contributed by atoms with Gasteiger partial charge in [-0.2, -0.15) is 0 Å². The number of imidazole rings is 1. The quantitative estimate of drug-likeness (QED) is 0.677. The van der Waals surface area contributed by atoms with Gasteiger partial charge in [0.2, 0.25) is 5.95 Å². The van der Waals surface area contributed by atoms with E-state index in [1.165, 1.54) is 18.1 Å². The van der Waals surface area contributed by atoms with E-state index in [9.17, 15) is 4.79 Å². The fraction of sp³-hybridized carbons (Fsp3) is 0.278. The van der Waals surface area contributed by atoms with Gasteiger partial charge in [-0.15, -0.1) is 0 Å². The van der Waals surface area contributed by atoms with E-state index < -0.39 is 0 Å². The molecule has 1 aliphatic heterocycles. The third-order valence-electron chi connectivity index (χ3n) is 4.30. The number of carbonyl (C=O) groups is 1. The Morgan fingerprint density at radius 3 is 3.16 bits per heavy atom. The number of carbonyl (C=O) groups excluding carboxylic acids is 1. The molecule has 0 spiro atoms. The Balaban J connectivity index is 1.66. The molecule has 1 aromatic carbocycles. The second kappa shape index (κ2) is 6.48. The summed E-state index contributed by atoms with van der Waals surface area (Å²) in [6.07, 6.45) is 5.46. The number of rotatable bonds is 4. The summed E-state index contributed by atoms with van der Waals surface area (Å²) < 4.78 is 8.27. The summed E-state index contributed by atoms with van der Waals surface area (Å²) in [5.74, 6) is 1.55. The Kier molecular flexibility index (Phi) is 4.17. The van der Waals surface area contributed by atoms with E-state index in [1.807, 2.05) is 12.1 Å². The van der Waals surface area contributed by atoms with Crippen LogP contribution < -0.4 is 10.1 Å². The number of nitrogens with one attached hydrogen (secondary N) is 1. The van der Waals surface area contributed by atoms with Crippen molar-refractivity contribution in [1.82, 2.24) is 14.4 Å². The lowest BCUT2D eigenvalue weighted by Gasteiger charge is -2.20. The first-order chi connectivity index (χ1) is 12.1. The van der Waals surface area contributed by atoms with Crippen molar-refractivity contribution in [2.45, 2.75) is 26.3 Å². The van der Waals surface area contributed by atoms with E-state index in [-0.39, 0.29) is 5.78 Å². The first-order valence-corrected chi connectivity index (χ1v) is 8.95. The molecular formula is C18H17BrN4O2. The van der Waals surface area contributed by atoms with Crippen molar-refractivity contribution in [3.05, 3.63) is 51.9 Å². The monoisotopic (exact) mass is 400 g/mol. The van der Waals surface area contributed by atoms with Crippen molar-refractivity contribution in [3.8, 4) is 5.75 Å². The first kappa shape index (κ1) is 16.1. The molecule has 6 nitrogen and oxygen atoms in total. The summed E-state index contributed by atoms with van der Waals surface area (Å²) >= 11 is 3.44. The van der Waals surface area contributed by atoms with Gasteiger partial charge in [0, 0.05) is 25.9 Å². The fourth-order valence-corrected chi connectivity index (χ4v) is 3.43. The molecule has 1 aliphatic rings. The number of nitrogens with zero attached hydrogens (tertiary/aromatic N) is 3. The summed E-state index contributed by atoms with van der Waals surface area (Å²) in [4.78, 5) is 20.4. The van der Waals surface area contributed by atoms with Crippen LogP contribution in [0.25, 0.3) is 5.65 Å². The zero-order valence-corrected chi connectivity index (χ0v) is 15.3. The number of aromatic nitrogens is 3.